The zero-order chi connectivity index (χ0) is 11.9. The second-order valence-electron chi connectivity index (χ2n) is 5.44. The molecule has 0 atom stereocenters. The van der Waals surface area contributed by atoms with Gasteiger partial charge in [0.25, 0.3) is 0 Å². The minimum atomic E-state index is 0.129. The standard InChI is InChI=1S/C17H18/c1-17(2)15-9-5-3-7-13(15)11-12-14-8-4-6-10-16(14)17/h3-10H,11-12H2,1-2H3. The predicted octanol–water partition coefficient (Wildman–Crippen LogP) is 4.11. The Morgan fingerprint density at radius 3 is 1.59 bits per heavy atom. The van der Waals surface area contributed by atoms with E-state index in [9.17, 15) is 0 Å². The van der Waals surface area contributed by atoms with Gasteiger partial charge in [-0.05, 0) is 35.1 Å². The lowest BCUT2D eigenvalue weighted by atomic mass is 9.76. The average molecular weight is 222 g/mol. The van der Waals surface area contributed by atoms with Crippen LogP contribution in [0.15, 0.2) is 48.5 Å². The summed E-state index contributed by atoms with van der Waals surface area (Å²) in [6.07, 6.45) is 2.33. The molecule has 0 radical (unpaired) electrons. The quantitative estimate of drug-likeness (QED) is 0.629. The summed E-state index contributed by atoms with van der Waals surface area (Å²) in [7, 11) is 0. The molecule has 0 heterocycles. The Kier molecular flexibility index (Phi) is 2.32. The van der Waals surface area contributed by atoms with Gasteiger partial charge in [-0.1, -0.05) is 62.4 Å². The molecule has 1 aliphatic rings. The first-order chi connectivity index (χ1) is 8.19. The van der Waals surface area contributed by atoms with Gasteiger partial charge in [0.15, 0.2) is 0 Å². The summed E-state index contributed by atoms with van der Waals surface area (Å²) in [6, 6.07) is 17.8. The number of aryl methyl sites for hydroxylation is 2. The summed E-state index contributed by atoms with van der Waals surface area (Å²) in [5, 5.41) is 0. The third-order valence-electron chi connectivity index (χ3n) is 4.05. The molecule has 3 rings (SSSR count). The second-order valence-corrected chi connectivity index (χ2v) is 5.44. The first kappa shape index (κ1) is 10.6. The van der Waals surface area contributed by atoms with Crippen molar-refractivity contribution in [1.82, 2.24) is 0 Å². The molecule has 2 aromatic rings. The summed E-state index contributed by atoms with van der Waals surface area (Å²) < 4.78 is 0. The molecule has 0 aromatic heterocycles. The van der Waals surface area contributed by atoms with Crippen LogP contribution in [-0.4, -0.2) is 0 Å². The largest absolute Gasteiger partial charge is 0.0620 e. The van der Waals surface area contributed by atoms with E-state index in [0.29, 0.717) is 0 Å². The van der Waals surface area contributed by atoms with Gasteiger partial charge in [-0.2, -0.15) is 0 Å². The summed E-state index contributed by atoms with van der Waals surface area (Å²) in [5.74, 6) is 0. The molecule has 0 saturated carbocycles. The molecule has 0 fully saturated rings. The Hall–Kier alpha value is -1.56. The van der Waals surface area contributed by atoms with Crippen LogP contribution in [0.25, 0.3) is 0 Å². The lowest BCUT2D eigenvalue weighted by Crippen LogP contribution is -2.20. The van der Waals surface area contributed by atoms with Crippen LogP contribution in [0.5, 0.6) is 0 Å². The van der Waals surface area contributed by atoms with Crippen molar-refractivity contribution in [3.8, 4) is 0 Å². The van der Waals surface area contributed by atoms with E-state index in [2.05, 4.69) is 62.4 Å². The third-order valence-corrected chi connectivity index (χ3v) is 4.05. The van der Waals surface area contributed by atoms with E-state index >= 15 is 0 Å². The van der Waals surface area contributed by atoms with Gasteiger partial charge < -0.3 is 0 Å². The van der Waals surface area contributed by atoms with Crippen molar-refractivity contribution in [2.24, 2.45) is 0 Å². The number of hydrogen-bond donors (Lipinski definition) is 0. The molecule has 17 heavy (non-hydrogen) atoms. The van der Waals surface area contributed by atoms with Crippen LogP contribution in [0.3, 0.4) is 0 Å². The van der Waals surface area contributed by atoms with Crippen molar-refractivity contribution in [2.75, 3.05) is 0 Å². The molecule has 0 N–H and O–H groups in total. The van der Waals surface area contributed by atoms with Crippen molar-refractivity contribution in [1.29, 1.82) is 0 Å². The SMILES string of the molecule is CC1(C)c2ccccc2CCc2ccccc21. The van der Waals surface area contributed by atoms with E-state index in [1.54, 1.807) is 0 Å². The molecule has 2 aromatic carbocycles. The van der Waals surface area contributed by atoms with E-state index < -0.39 is 0 Å². The Morgan fingerprint density at radius 1 is 0.706 bits per heavy atom. The van der Waals surface area contributed by atoms with Crippen LogP contribution < -0.4 is 0 Å². The summed E-state index contributed by atoms with van der Waals surface area (Å²) in [4.78, 5) is 0. The van der Waals surface area contributed by atoms with E-state index in [4.69, 9.17) is 0 Å². The summed E-state index contributed by atoms with van der Waals surface area (Å²) >= 11 is 0. The smallest absolute Gasteiger partial charge is 0.0152 e. The molecule has 0 spiro atoms. The molecule has 0 heteroatoms. The van der Waals surface area contributed by atoms with Crippen LogP contribution in [0.2, 0.25) is 0 Å². The Morgan fingerprint density at radius 2 is 1.12 bits per heavy atom. The first-order valence-electron chi connectivity index (χ1n) is 6.36. The number of rotatable bonds is 0. The maximum absolute atomic E-state index is 2.34. The highest BCUT2D eigenvalue weighted by Crippen LogP contribution is 2.38. The monoisotopic (exact) mass is 222 g/mol. The Balaban J connectivity index is 2.27. The van der Waals surface area contributed by atoms with Gasteiger partial charge in [0.1, 0.15) is 0 Å². The second kappa shape index (κ2) is 3.73. The van der Waals surface area contributed by atoms with E-state index in [-0.39, 0.29) is 5.41 Å². The molecule has 86 valence electrons. The summed E-state index contributed by atoms with van der Waals surface area (Å²) in [5.41, 5.74) is 6.13. The normalized spacial score (nSPS) is 16.8. The number of fused-ring (bicyclic) bond motifs is 2. The fraction of sp³-hybridized carbons (Fsp3) is 0.294. The lowest BCUT2D eigenvalue weighted by molar-refractivity contribution is 0.636. The zero-order valence-electron chi connectivity index (χ0n) is 10.5. The van der Waals surface area contributed by atoms with Crippen LogP contribution in [0, 0.1) is 0 Å². The molecule has 0 unspecified atom stereocenters. The molecule has 0 nitrogen and oxygen atoms in total. The molecular formula is C17H18. The third kappa shape index (κ3) is 1.59. The van der Waals surface area contributed by atoms with Crippen LogP contribution in [0.1, 0.15) is 36.1 Å². The van der Waals surface area contributed by atoms with Gasteiger partial charge in [-0.25, -0.2) is 0 Å². The fourth-order valence-electron chi connectivity index (χ4n) is 3.11. The molecule has 0 bridgehead atoms. The van der Waals surface area contributed by atoms with Crippen molar-refractivity contribution in [3.05, 3.63) is 70.8 Å². The van der Waals surface area contributed by atoms with Crippen LogP contribution in [-0.2, 0) is 18.3 Å². The van der Waals surface area contributed by atoms with Gasteiger partial charge in [-0.3, -0.25) is 0 Å². The maximum Gasteiger partial charge on any atom is 0.0152 e. The topological polar surface area (TPSA) is 0 Å². The van der Waals surface area contributed by atoms with Gasteiger partial charge in [0.2, 0.25) is 0 Å². The zero-order valence-corrected chi connectivity index (χ0v) is 10.5. The predicted molar refractivity (Wildman–Crippen MR) is 72.4 cm³/mol. The van der Waals surface area contributed by atoms with Crippen molar-refractivity contribution in [2.45, 2.75) is 32.1 Å². The highest BCUT2D eigenvalue weighted by Gasteiger charge is 2.29. The highest BCUT2D eigenvalue weighted by atomic mass is 14.3. The molecule has 0 saturated heterocycles. The molecule has 0 aliphatic heterocycles. The van der Waals surface area contributed by atoms with E-state index in [1.165, 1.54) is 22.3 Å². The van der Waals surface area contributed by atoms with Gasteiger partial charge in [0.05, 0.1) is 0 Å². The average Bonchev–Trinajstić information content (AvgIpc) is 2.47. The van der Waals surface area contributed by atoms with Crippen LogP contribution >= 0.6 is 0 Å². The molecule has 1 aliphatic carbocycles. The fourth-order valence-corrected chi connectivity index (χ4v) is 3.11. The minimum absolute atomic E-state index is 0.129. The van der Waals surface area contributed by atoms with Crippen molar-refractivity contribution in [3.63, 3.8) is 0 Å². The Labute approximate surface area is 103 Å². The van der Waals surface area contributed by atoms with Gasteiger partial charge >= 0.3 is 0 Å². The van der Waals surface area contributed by atoms with E-state index in [0.717, 1.165) is 12.8 Å². The highest BCUT2D eigenvalue weighted by molar-refractivity contribution is 5.48. The lowest BCUT2D eigenvalue weighted by Gasteiger charge is -2.28. The molecular weight excluding hydrogens is 204 g/mol. The van der Waals surface area contributed by atoms with Crippen LogP contribution in [0.4, 0.5) is 0 Å². The minimum Gasteiger partial charge on any atom is -0.0620 e. The molecule has 0 amide bonds. The van der Waals surface area contributed by atoms with Crippen molar-refractivity contribution >= 4 is 0 Å². The van der Waals surface area contributed by atoms with Gasteiger partial charge in [-0.15, -0.1) is 0 Å². The number of benzene rings is 2. The maximum atomic E-state index is 2.34. The van der Waals surface area contributed by atoms with Crippen molar-refractivity contribution < 1.29 is 0 Å². The Bertz CT molecular complexity index is 500. The number of hydrogen-bond acceptors (Lipinski definition) is 0. The van der Waals surface area contributed by atoms with Gasteiger partial charge in [0, 0.05) is 5.41 Å². The first-order valence-corrected chi connectivity index (χ1v) is 6.36. The van der Waals surface area contributed by atoms with E-state index in [1.807, 2.05) is 0 Å². The summed E-state index contributed by atoms with van der Waals surface area (Å²) in [6.45, 7) is 4.69.